The summed E-state index contributed by atoms with van der Waals surface area (Å²) in [6.45, 7) is 0. The first-order valence-electron chi connectivity index (χ1n) is 14.7. The van der Waals surface area contributed by atoms with Crippen molar-refractivity contribution in [1.82, 2.24) is 0 Å². The first-order valence-corrected chi connectivity index (χ1v) is 14.7. The molecule has 0 N–H and O–H groups in total. The lowest BCUT2D eigenvalue weighted by molar-refractivity contribution is 0.589. The molecule has 1 aromatic heterocycles. The maximum absolute atomic E-state index is 6.81. The Morgan fingerprint density at radius 2 is 1.17 bits per heavy atom. The van der Waals surface area contributed by atoms with Crippen LogP contribution in [-0.4, -0.2) is 0 Å². The minimum absolute atomic E-state index is 0.0765. The van der Waals surface area contributed by atoms with E-state index in [9.17, 15) is 0 Å². The summed E-state index contributed by atoms with van der Waals surface area (Å²) in [7, 11) is 0. The smallest absolute Gasteiger partial charge is 0.141 e. The van der Waals surface area contributed by atoms with E-state index in [0.717, 1.165) is 11.3 Å². The van der Waals surface area contributed by atoms with E-state index in [1.54, 1.807) is 0 Å². The van der Waals surface area contributed by atoms with Crippen LogP contribution in [0.15, 0.2) is 144 Å². The summed E-state index contributed by atoms with van der Waals surface area (Å²) in [4.78, 5) is 2.58. The molecule has 0 fully saturated rings. The molecule has 0 spiro atoms. The van der Waals surface area contributed by atoms with E-state index in [1.165, 1.54) is 71.3 Å². The summed E-state index contributed by atoms with van der Waals surface area (Å²) >= 11 is 0. The van der Waals surface area contributed by atoms with Gasteiger partial charge in [-0.25, -0.2) is 0 Å². The predicted octanol–water partition coefficient (Wildman–Crippen LogP) is 10.9. The lowest BCUT2D eigenvalue weighted by atomic mass is 9.74. The van der Waals surface area contributed by atoms with Gasteiger partial charge in [0.15, 0.2) is 0 Å². The lowest BCUT2D eigenvalue weighted by Gasteiger charge is -2.35. The number of para-hydroxylation sites is 2. The topological polar surface area (TPSA) is 16.4 Å². The molecule has 2 unspecified atom stereocenters. The SMILES string of the molecule is c1ccc2c(c1)C1c3ccc4ccccc4c3-c3oc4ccccc4c3C1N2c1ccc2c(ccc3ccccc32)c1. The molecule has 196 valence electrons. The number of benzene rings is 7. The summed E-state index contributed by atoms with van der Waals surface area (Å²) in [6, 6.07) is 51.1. The third-order valence-electron chi connectivity index (χ3n) is 9.59. The van der Waals surface area contributed by atoms with Crippen molar-refractivity contribution in [3.63, 3.8) is 0 Å². The van der Waals surface area contributed by atoms with Gasteiger partial charge < -0.3 is 9.32 Å². The van der Waals surface area contributed by atoms with E-state index in [1.807, 2.05) is 0 Å². The molecule has 2 nitrogen and oxygen atoms in total. The molecule has 0 saturated heterocycles. The van der Waals surface area contributed by atoms with Crippen molar-refractivity contribution in [3.05, 3.63) is 156 Å². The van der Waals surface area contributed by atoms with Gasteiger partial charge in [0.1, 0.15) is 11.3 Å². The third kappa shape index (κ3) is 2.84. The van der Waals surface area contributed by atoms with Gasteiger partial charge in [0.25, 0.3) is 0 Å². The van der Waals surface area contributed by atoms with Crippen LogP contribution >= 0.6 is 0 Å². The Labute approximate surface area is 243 Å². The average molecular weight is 536 g/mol. The zero-order valence-electron chi connectivity index (χ0n) is 22.8. The maximum atomic E-state index is 6.81. The molecule has 42 heavy (non-hydrogen) atoms. The fourth-order valence-electron chi connectivity index (χ4n) is 7.87. The second-order valence-corrected chi connectivity index (χ2v) is 11.6. The van der Waals surface area contributed by atoms with Gasteiger partial charge in [0, 0.05) is 33.8 Å². The van der Waals surface area contributed by atoms with E-state index in [-0.39, 0.29) is 12.0 Å². The van der Waals surface area contributed by atoms with Crippen LogP contribution in [0.1, 0.15) is 28.7 Å². The second kappa shape index (κ2) is 8.11. The first-order chi connectivity index (χ1) is 20.8. The molecular formula is C40H25NO. The quantitative estimate of drug-likeness (QED) is 0.194. The van der Waals surface area contributed by atoms with Gasteiger partial charge in [-0.15, -0.1) is 0 Å². The van der Waals surface area contributed by atoms with Crippen molar-refractivity contribution in [2.45, 2.75) is 12.0 Å². The highest BCUT2D eigenvalue weighted by Crippen LogP contribution is 2.63. The molecule has 1 aliphatic heterocycles. The molecule has 0 amide bonds. The minimum atomic E-state index is 0.0765. The highest BCUT2D eigenvalue weighted by Gasteiger charge is 2.48. The standard InChI is InChI=1S/C40H25NO/c1-3-11-28-24(9-1)17-18-26-23-27(20-22-29(26)28)41-34-15-7-5-13-31(34)36-33-21-19-25-10-2-4-12-30(25)37(33)40-38(39(36)41)32-14-6-8-16-35(32)42-40/h1-23,36,39H. The second-order valence-electron chi connectivity index (χ2n) is 11.6. The van der Waals surface area contributed by atoms with E-state index < -0.39 is 0 Å². The van der Waals surface area contributed by atoms with Crippen molar-refractivity contribution < 1.29 is 4.42 Å². The monoisotopic (exact) mass is 535 g/mol. The van der Waals surface area contributed by atoms with Crippen molar-refractivity contribution in [2.24, 2.45) is 0 Å². The molecule has 7 aromatic carbocycles. The Hall–Kier alpha value is -5.34. The summed E-state index contributed by atoms with van der Waals surface area (Å²) < 4.78 is 6.81. The Bertz CT molecular complexity index is 2400. The van der Waals surface area contributed by atoms with Crippen LogP contribution in [0.4, 0.5) is 11.4 Å². The summed E-state index contributed by atoms with van der Waals surface area (Å²) in [5.41, 5.74) is 8.66. The fraction of sp³-hybridized carbons (Fsp3) is 0.0500. The zero-order valence-corrected chi connectivity index (χ0v) is 22.8. The average Bonchev–Trinajstić information content (AvgIpc) is 3.60. The van der Waals surface area contributed by atoms with E-state index in [4.69, 9.17) is 4.42 Å². The molecule has 8 aromatic rings. The van der Waals surface area contributed by atoms with Gasteiger partial charge in [0.2, 0.25) is 0 Å². The normalized spacial score (nSPS) is 17.0. The number of anilines is 2. The van der Waals surface area contributed by atoms with Gasteiger partial charge in [0.05, 0.1) is 6.04 Å². The van der Waals surface area contributed by atoms with Crippen LogP contribution in [-0.2, 0) is 0 Å². The van der Waals surface area contributed by atoms with Crippen LogP contribution in [0.5, 0.6) is 0 Å². The summed E-state index contributed by atoms with van der Waals surface area (Å²) in [6.07, 6.45) is 0. The van der Waals surface area contributed by atoms with E-state index in [2.05, 4.69) is 144 Å². The summed E-state index contributed by atoms with van der Waals surface area (Å²) in [5.74, 6) is 1.19. The van der Waals surface area contributed by atoms with Crippen molar-refractivity contribution in [3.8, 4) is 11.3 Å². The number of hydrogen-bond acceptors (Lipinski definition) is 2. The molecule has 0 saturated carbocycles. The fourth-order valence-corrected chi connectivity index (χ4v) is 7.87. The van der Waals surface area contributed by atoms with Crippen molar-refractivity contribution >= 4 is 54.7 Å². The predicted molar refractivity (Wildman–Crippen MR) is 174 cm³/mol. The minimum Gasteiger partial charge on any atom is -0.456 e. The van der Waals surface area contributed by atoms with Crippen molar-refractivity contribution in [2.75, 3.05) is 4.90 Å². The van der Waals surface area contributed by atoms with Gasteiger partial charge in [-0.1, -0.05) is 115 Å². The highest BCUT2D eigenvalue weighted by molar-refractivity contribution is 6.09. The van der Waals surface area contributed by atoms with E-state index in [0.29, 0.717) is 0 Å². The molecular weight excluding hydrogens is 510 g/mol. The van der Waals surface area contributed by atoms with Crippen LogP contribution in [0.25, 0.3) is 54.6 Å². The van der Waals surface area contributed by atoms with Gasteiger partial charge in [-0.3, -0.25) is 0 Å². The molecule has 2 heterocycles. The van der Waals surface area contributed by atoms with Gasteiger partial charge in [-0.2, -0.15) is 0 Å². The number of rotatable bonds is 1. The van der Waals surface area contributed by atoms with Gasteiger partial charge in [-0.05, 0) is 67.7 Å². The molecule has 2 heteroatoms. The van der Waals surface area contributed by atoms with Crippen LogP contribution < -0.4 is 4.90 Å². The van der Waals surface area contributed by atoms with Crippen LogP contribution in [0.2, 0.25) is 0 Å². The third-order valence-corrected chi connectivity index (χ3v) is 9.59. The van der Waals surface area contributed by atoms with Gasteiger partial charge >= 0.3 is 0 Å². The largest absolute Gasteiger partial charge is 0.456 e. The van der Waals surface area contributed by atoms with Crippen LogP contribution in [0.3, 0.4) is 0 Å². The maximum Gasteiger partial charge on any atom is 0.141 e. The number of nitrogens with zero attached hydrogens (tertiary/aromatic N) is 1. The number of fused-ring (bicyclic) bond motifs is 15. The molecule has 1 aliphatic carbocycles. The Morgan fingerprint density at radius 3 is 2.07 bits per heavy atom. The Morgan fingerprint density at radius 1 is 0.500 bits per heavy atom. The molecule has 2 aliphatic rings. The van der Waals surface area contributed by atoms with Crippen LogP contribution in [0, 0.1) is 0 Å². The molecule has 10 rings (SSSR count). The van der Waals surface area contributed by atoms with Crippen molar-refractivity contribution in [1.29, 1.82) is 0 Å². The highest BCUT2D eigenvalue weighted by atomic mass is 16.3. The first kappa shape index (κ1) is 22.4. The summed E-state index contributed by atoms with van der Waals surface area (Å²) in [5, 5.41) is 8.80. The Balaban J connectivity index is 1.29. The number of furan rings is 1. The Kier molecular flexibility index (Phi) is 4.32. The molecule has 0 radical (unpaired) electrons. The molecule has 2 atom stereocenters. The number of hydrogen-bond donors (Lipinski definition) is 0. The molecule has 0 bridgehead atoms. The van der Waals surface area contributed by atoms with E-state index >= 15 is 0 Å². The zero-order chi connectivity index (χ0) is 27.4. The lowest BCUT2D eigenvalue weighted by Crippen LogP contribution is -2.25.